The van der Waals surface area contributed by atoms with Crippen LogP contribution in [0.25, 0.3) is 0 Å². The van der Waals surface area contributed by atoms with Crippen LogP contribution >= 0.6 is 0 Å². The molecule has 0 radical (unpaired) electrons. The average molecular weight is 404 g/mol. The van der Waals surface area contributed by atoms with Crippen LogP contribution in [0.5, 0.6) is 0 Å². The minimum absolute atomic E-state index is 0.161. The highest BCUT2D eigenvalue weighted by Gasteiger charge is 2.47. The van der Waals surface area contributed by atoms with Crippen LogP contribution in [0.15, 0.2) is 66.7 Å². The lowest BCUT2D eigenvalue weighted by molar-refractivity contribution is -0.122. The van der Waals surface area contributed by atoms with Crippen LogP contribution < -0.4 is 10.2 Å². The lowest BCUT2D eigenvalue weighted by atomic mass is 9.85. The van der Waals surface area contributed by atoms with E-state index in [9.17, 15) is 19.2 Å². The normalized spacial score (nSPS) is 20.1. The fraction of sp³-hybridized carbons (Fsp3) is 0.217. The third-order valence-electron chi connectivity index (χ3n) is 5.24. The number of carbonyl (C=O) groups is 4. The molecule has 0 spiro atoms. The van der Waals surface area contributed by atoms with E-state index in [1.165, 1.54) is 12.1 Å². The standard InChI is InChI=1S/C23H20N2O5/c26-20(24-16-8-2-1-3-9-16)14-30-23(29)15-7-6-10-17(13-15)25-21(27)18-11-4-5-12-19(18)22(25)28/h1-10,13,18-19H,11-12,14H2,(H,24,26)/t18-,19-/m0/s1. The van der Waals surface area contributed by atoms with Crippen LogP contribution in [-0.2, 0) is 19.1 Å². The summed E-state index contributed by atoms with van der Waals surface area (Å²) in [6.45, 7) is -0.449. The van der Waals surface area contributed by atoms with E-state index in [1.54, 1.807) is 36.4 Å². The van der Waals surface area contributed by atoms with E-state index in [-0.39, 0.29) is 29.2 Å². The number of hydrogen-bond donors (Lipinski definition) is 1. The molecule has 0 bridgehead atoms. The summed E-state index contributed by atoms with van der Waals surface area (Å²) in [6.07, 6.45) is 4.93. The number of nitrogens with zero attached hydrogens (tertiary/aromatic N) is 1. The molecule has 4 rings (SSSR count). The number of para-hydroxylation sites is 1. The molecule has 0 saturated carbocycles. The van der Waals surface area contributed by atoms with E-state index in [4.69, 9.17) is 4.74 Å². The van der Waals surface area contributed by atoms with Crippen molar-refractivity contribution in [3.8, 4) is 0 Å². The summed E-state index contributed by atoms with van der Waals surface area (Å²) in [7, 11) is 0. The first-order chi connectivity index (χ1) is 14.5. The average Bonchev–Trinajstić information content (AvgIpc) is 3.03. The Morgan fingerprint density at radius 3 is 2.27 bits per heavy atom. The molecule has 152 valence electrons. The molecule has 2 atom stereocenters. The van der Waals surface area contributed by atoms with Crippen molar-refractivity contribution < 1.29 is 23.9 Å². The number of anilines is 2. The van der Waals surface area contributed by atoms with Gasteiger partial charge in [0, 0.05) is 5.69 Å². The van der Waals surface area contributed by atoms with Gasteiger partial charge in [-0.3, -0.25) is 19.3 Å². The van der Waals surface area contributed by atoms with Crippen LogP contribution in [0, 0.1) is 11.8 Å². The monoisotopic (exact) mass is 404 g/mol. The van der Waals surface area contributed by atoms with Gasteiger partial charge in [-0.25, -0.2) is 4.79 Å². The largest absolute Gasteiger partial charge is 0.452 e. The van der Waals surface area contributed by atoms with Crippen LogP contribution in [0.3, 0.4) is 0 Å². The summed E-state index contributed by atoms with van der Waals surface area (Å²) in [4.78, 5) is 50.9. The third kappa shape index (κ3) is 3.87. The van der Waals surface area contributed by atoms with E-state index in [1.807, 2.05) is 18.2 Å². The topological polar surface area (TPSA) is 92.8 Å². The summed E-state index contributed by atoms with van der Waals surface area (Å²) >= 11 is 0. The molecule has 3 amide bonds. The van der Waals surface area contributed by atoms with Gasteiger partial charge in [-0.2, -0.15) is 0 Å². The molecule has 7 nitrogen and oxygen atoms in total. The SMILES string of the molecule is O=C(COC(=O)c1cccc(N2C(=O)[C@H]3CC=CC[C@@H]3C2=O)c1)Nc1ccccc1. The van der Waals surface area contributed by atoms with Crippen LogP contribution in [0.2, 0.25) is 0 Å². The van der Waals surface area contributed by atoms with Crippen molar-refractivity contribution in [2.24, 2.45) is 11.8 Å². The lowest BCUT2D eigenvalue weighted by Gasteiger charge is -2.15. The molecule has 2 aromatic carbocycles. The minimum Gasteiger partial charge on any atom is -0.452 e. The van der Waals surface area contributed by atoms with Gasteiger partial charge >= 0.3 is 5.97 Å². The van der Waals surface area contributed by atoms with Crippen molar-refractivity contribution in [1.29, 1.82) is 0 Å². The second-order valence-electron chi connectivity index (χ2n) is 7.21. The Labute approximate surface area is 173 Å². The summed E-state index contributed by atoms with van der Waals surface area (Å²) in [5.41, 5.74) is 1.10. The van der Waals surface area contributed by atoms with Crippen molar-refractivity contribution in [3.05, 3.63) is 72.3 Å². The highest BCUT2D eigenvalue weighted by Crippen LogP contribution is 2.37. The van der Waals surface area contributed by atoms with Crippen LogP contribution in [0.4, 0.5) is 11.4 Å². The van der Waals surface area contributed by atoms with Gasteiger partial charge in [-0.15, -0.1) is 0 Å². The van der Waals surface area contributed by atoms with E-state index >= 15 is 0 Å². The number of amides is 3. The van der Waals surface area contributed by atoms with Crippen LogP contribution in [-0.4, -0.2) is 30.3 Å². The fourth-order valence-corrected chi connectivity index (χ4v) is 3.76. The van der Waals surface area contributed by atoms with Gasteiger partial charge in [-0.1, -0.05) is 36.4 Å². The predicted molar refractivity (Wildman–Crippen MR) is 110 cm³/mol. The quantitative estimate of drug-likeness (QED) is 0.470. The molecule has 1 saturated heterocycles. The molecule has 2 aromatic rings. The Bertz CT molecular complexity index is 1000. The van der Waals surface area contributed by atoms with Gasteiger partial charge in [-0.05, 0) is 43.2 Å². The van der Waals surface area contributed by atoms with E-state index < -0.39 is 18.5 Å². The smallest absolute Gasteiger partial charge is 0.338 e. The number of benzene rings is 2. The van der Waals surface area contributed by atoms with Gasteiger partial charge in [0.25, 0.3) is 5.91 Å². The Balaban J connectivity index is 1.42. The number of imide groups is 1. The van der Waals surface area contributed by atoms with Crippen molar-refractivity contribution in [3.63, 3.8) is 0 Å². The molecular formula is C23H20N2O5. The number of fused-ring (bicyclic) bond motifs is 1. The first-order valence-corrected chi connectivity index (χ1v) is 9.69. The second kappa shape index (κ2) is 8.32. The molecular weight excluding hydrogens is 384 g/mol. The molecule has 1 heterocycles. The number of hydrogen-bond acceptors (Lipinski definition) is 5. The third-order valence-corrected chi connectivity index (χ3v) is 5.24. The minimum atomic E-state index is -0.710. The Hall–Kier alpha value is -3.74. The summed E-state index contributed by atoms with van der Waals surface area (Å²) in [5, 5.41) is 2.63. The molecule has 1 aliphatic carbocycles. The van der Waals surface area contributed by atoms with Gasteiger partial charge in [0.15, 0.2) is 6.61 Å². The summed E-state index contributed by atoms with van der Waals surface area (Å²) in [5.74, 6) is -2.37. The molecule has 0 aromatic heterocycles. The predicted octanol–water partition coefficient (Wildman–Crippen LogP) is 2.94. The van der Waals surface area contributed by atoms with E-state index in [2.05, 4.69) is 5.32 Å². The zero-order valence-electron chi connectivity index (χ0n) is 16.1. The van der Waals surface area contributed by atoms with E-state index in [0.717, 1.165) is 4.90 Å². The first kappa shape index (κ1) is 19.6. The number of nitrogens with one attached hydrogen (secondary N) is 1. The number of allylic oxidation sites excluding steroid dienone is 2. The second-order valence-corrected chi connectivity index (χ2v) is 7.21. The summed E-state index contributed by atoms with van der Waals surface area (Å²) < 4.78 is 5.08. The van der Waals surface area contributed by atoms with Gasteiger partial charge in [0.1, 0.15) is 0 Å². The molecule has 30 heavy (non-hydrogen) atoms. The highest BCUT2D eigenvalue weighted by molar-refractivity contribution is 6.22. The zero-order valence-corrected chi connectivity index (χ0v) is 16.1. The van der Waals surface area contributed by atoms with Crippen molar-refractivity contribution in [1.82, 2.24) is 0 Å². The Morgan fingerprint density at radius 2 is 1.60 bits per heavy atom. The van der Waals surface area contributed by atoms with Gasteiger partial charge in [0.05, 0.1) is 23.1 Å². The van der Waals surface area contributed by atoms with Gasteiger partial charge in [0.2, 0.25) is 11.8 Å². The zero-order chi connectivity index (χ0) is 21.1. The molecule has 7 heteroatoms. The number of ether oxygens (including phenoxy) is 1. The number of esters is 1. The Morgan fingerprint density at radius 1 is 0.933 bits per heavy atom. The maximum Gasteiger partial charge on any atom is 0.338 e. The maximum absolute atomic E-state index is 12.7. The Kier molecular flexibility index (Phi) is 5.43. The molecule has 1 N–H and O–H groups in total. The molecule has 0 unspecified atom stereocenters. The molecule has 2 aliphatic rings. The van der Waals surface area contributed by atoms with Crippen molar-refractivity contribution in [2.45, 2.75) is 12.8 Å². The van der Waals surface area contributed by atoms with Gasteiger partial charge < -0.3 is 10.1 Å². The van der Waals surface area contributed by atoms with Crippen molar-refractivity contribution >= 4 is 35.1 Å². The molecule has 1 fully saturated rings. The number of rotatable bonds is 5. The lowest BCUT2D eigenvalue weighted by Crippen LogP contribution is -2.31. The molecule has 1 aliphatic heterocycles. The van der Waals surface area contributed by atoms with Crippen LogP contribution in [0.1, 0.15) is 23.2 Å². The van der Waals surface area contributed by atoms with E-state index in [0.29, 0.717) is 24.2 Å². The number of carbonyl (C=O) groups excluding carboxylic acids is 4. The van der Waals surface area contributed by atoms with Crippen molar-refractivity contribution in [2.75, 3.05) is 16.8 Å². The first-order valence-electron chi connectivity index (χ1n) is 9.69. The highest BCUT2D eigenvalue weighted by atomic mass is 16.5. The maximum atomic E-state index is 12.7. The fourth-order valence-electron chi connectivity index (χ4n) is 3.76. The summed E-state index contributed by atoms with van der Waals surface area (Å²) in [6, 6.07) is 15.0.